The average Bonchev–Trinajstić information content (AvgIpc) is 3.05. The fourth-order valence-corrected chi connectivity index (χ4v) is 3.88. The number of aromatic hydroxyl groups is 1. The van der Waals surface area contributed by atoms with E-state index in [-0.39, 0.29) is 11.8 Å². The van der Waals surface area contributed by atoms with Gasteiger partial charge in [-0.1, -0.05) is 49.6 Å². The van der Waals surface area contributed by atoms with Gasteiger partial charge in [0.05, 0.1) is 17.1 Å². The third kappa shape index (κ3) is 2.99. The largest absolute Gasteiger partial charge is 0.508 e. The SMILES string of the molecule is C=C/C(=C\N=C)C1C=CC=C(n2c3cc(C)c(O)cc3c3c(C=C)cccc32)N1. The number of aryl methyl sites for hydroxylation is 1. The van der Waals surface area contributed by atoms with E-state index in [1.165, 1.54) is 0 Å². The Morgan fingerprint density at radius 3 is 2.79 bits per heavy atom. The summed E-state index contributed by atoms with van der Waals surface area (Å²) >= 11 is 0. The highest BCUT2D eigenvalue weighted by molar-refractivity contribution is 6.14. The van der Waals surface area contributed by atoms with Gasteiger partial charge in [-0.25, -0.2) is 0 Å². The number of dihydropyridines is 1. The zero-order valence-electron chi connectivity index (χ0n) is 16.4. The highest BCUT2D eigenvalue weighted by Crippen LogP contribution is 2.37. The fourth-order valence-electron chi connectivity index (χ4n) is 3.88. The van der Waals surface area contributed by atoms with Gasteiger partial charge < -0.3 is 10.4 Å². The maximum absolute atomic E-state index is 10.4. The standard InChI is InChI=1S/C25H23N3O/c1-5-17-9-7-11-21-25(17)19-14-23(29)16(3)13-22(19)28(21)24-12-8-10-20(27-24)18(6-2)15-26-4/h5-15,20,27,29H,1-2,4H2,3H3/b18-15+. The molecule has 1 atom stereocenters. The number of hydrogen-bond donors (Lipinski definition) is 2. The van der Waals surface area contributed by atoms with Crippen molar-refractivity contribution in [3.05, 3.63) is 90.7 Å². The monoisotopic (exact) mass is 381 g/mol. The third-order valence-electron chi connectivity index (χ3n) is 5.30. The van der Waals surface area contributed by atoms with Crippen LogP contribution in [0, 0.1) is 6.92 Å². The van der Waals surface area contributed by atoms with E-state index in [0.29, 0.717) is 0 Å². The first kappa shape index (κ1) is 18.6. The van der Waals surface area contributed by atoms with Crippen LogP contribution >= 0.6 is 0 Å². The van der Waals surface area contributed by atoms with Gasteiger partial charge in [0.1, 0.15) is 11.6 Å². The van der Waals surface area contributed by atoms with Crippen LogP contribution in [-0.2, 0) is 0 Å². The minimum absolute atomic E-state index is 0.0636. The molecule has 0 saturated heterocycles. The summed E-state index contributed by atoms with van der Waals surface area (Å²) in [5.41, 5.74) is 4.85. The molecule has 4 rings (SSSR count). The summed E-state index contributed by atoms with van der Waals surface area (Å²) in [7, 11) is 0. The zero-order valence-corrected chi connectivity index (χ0v) is 16.4. The van der Waals surface area contributed by atoms with Gasteiger partial charge in [0.15, 0.2) is 0 Å². The summed E-state index contributed by atoms with van der Waals surface area (Å²) in [6, 6.07) is 9.93. The highest BCUT2D eigenvalue weighted by Gasteiger charge is 2.20. The molecule has 1 unspecified atom stereocenters. The van der Waals surface area contributed by atoms with Crippen LogP contribution in [0.25, 0.3) is 33.7 Å². The smallest absolute Gasteiger partial charge is 0.119 e. The number of rotatable bonds is 5. The molecule has 0 fully saturated rings. The minimum Gasteiger partial charge on any atom is -0.508 e. The van der Waals surface area contributed by atoms with E-state index in [9.17, 15) is 5.11 Å². The lowest BCUT2D eigenvalue weighted by Gasteiger charge is -2.24. The normalized spacial score (nSPS) is 16.5. The number of nitrogens with zero attached hydrogens (tertiary/aromatic N) is 2. The second kappa shape index (κ2) is 7.32. The van der Waals surface area contributed by atoms with Gasteiger partial charge in [-0.05, 0) is 54.6 Å². The molecule has 0 spiro atoms. The Morgan fingerprint density at radius 2 is 2.07 bits per heavy atom. The Kier molecular flexibility index (Phi) is 4.69. The summed E-state index contributed by atoms with van der Waals surface area (Å²) in [5, 5.41) is 16.0. The van der Waals surface area contributed by atoms with Crippen molar-refractivity contribution >= 4 is 40.4 Å². The van der Waals surface area contributed by atoms with E-state index in [2.05, 4.69) is 46.9 Å². The van der Waals surface area contributed by atoms with Gasteiger partial charge in [-0.15, -0.1) is 0 Å². The Bertz CT molecular complexity index is 1250. The number of allylic oxidation sites excluding steroid dienone is 2. The molecule has 2 N–H and O–H groups in total. The zero-order chi connectivity index (χ0) is 20.5. The van der Waals surface area contributed by atoms with Crippen LogP contribution < -0.4 is 5.32 Å². The Labute approximate surface area is 170 Å². The molecule has 2 aromatic carbocycles. The number of benzene rings is 2. The van der Waals surface area contributed by atoms with Crippen molar-refractivity contribution in [3.63, 3.8) is 0 Å². The highest BCUT2D eigenvalue weighted by atomic mass is 16.3. The predicted molar refractivity (Wildman–Crippen MR) is 124 cm³/mol. The Hall–Kier alpha value is -3.79. The lowest BCUT2D eigenvalue weighted by Crippen LogP contribution is -2.31. The number of fused-ring (bicyclic) bond motifs is 3. The van der Waals surface area contributed by atoms with Gasteiger partial charge in [0, 0.05) is 17.0 Å². The van der Waals surface area contributed by atoms with Crippen LogP contribution in [0.15, 0.2) is 84.6 Å². The van der Waals surface area contributed by atoms with Crippen LogP contribution in [0.5, 0.6) is 5.75 Å². The van der Waals surface area contributed by atoms with Crippen LogP contribution in [0.2, 0.25) is 0 Å². The second-order valence-corrected chi connectivity index (χ2v) is 7.01. The van der Waals surface area contributed by atoms with E-state index >= 15 is 0 Å². The minimum atomic E-state index is -0.0636. The number of phenols is 1. The van der Waals surface area contributed by atoms with E-state index in [0.717, 1.165) is 44.3 Å². The molecule has 4 heteroatoms. The third-order valence-corrected chi connectivity index (χ3v) is 5.30. The molecule has 144 valence electrons. The number of phenolic OH excluding ortho intramolecular Hbond substituents is 1. The number of aliphatic imine (C=N–C) groups is 1. The molecule has 0 amide bonds. The summed E-state index contributed by atoms with van der Waals surface area (Å²) < 4.78 is 2.18. The van der Waals surface area contributed by atoms with Crippen LogP contribution in [0.4, 0.5) is 0 Å². The van der Waals surface area contributed by atoms with E-state index in [1.807, 2.05) is 49.4 Å². The lowest BCUT2D eigenvalue weighted by molar-refractivity contribution is 0.472. The molecule has 0 aliphatic carbocycles. The molecule has 1 aliphatic rings. The first-order chi connectivity index (χ1) is 14.1. The first-order valence-electron chi connectivity index (χ1n) is 9.42. The molecule has 1 aliphatic heterocycles. The second-order valence-electron chi connectivity index (χ2n) is 7.01. The molecule has 0 saturated carbocycles. The summed E-state index contributed by atoms with van der Waals surface area (Å²) in [4.78, 5) is 3.89. The molecular weight excluding hydrogens is 358 g/mol. The molecule has 3 aromatic rings. The summed E-state index contributed by atoms with van der Waals surface area (Å²) in [6.07, 6.45) is 11.5. The quantitative estimate of drug-likeness (QED) is 0.450. The van der Waals surface area contributed by atoms with Gasteiger partial charge >= 0.3 is 0 Å². The topological polar surface area (TPSA) is 49.5 Å². The maximum Gasteiger partial charge on any atom is 0.119 e. The van der Waals surface area contributed by atoms with Crippen molar-refractivity contribution in [3.8, 4) is 5.75 Å². The maximum atomic E-state index is 10.4. The average molecular weight is 381 g/mol. The van der Waals surface area contributed by atoms with Crippen molar-refractivity contribution in [2.75, 3.05) is 0 Å². The molecule has 4 nitrogen and oxygen atoms in total. The van der Waals surface area contributed by atoms with E-state index in [1.54, 1.807) is 12.3 Å². The van der Waals surface area contributed by atoms with Gasteiger partial charge in [0.25, 0.3) is 0 Å². The van der Waals surface area contributed by atoms with Crippen molar-refractivity contribution in [1.29, 1.82) is 0 Å². The molecule has 0 bridgehead atoms. The Morgan fingerprint density at radius 1 is 1.24 bits per heavy atom. The molecule has 29 heavy (non-hydrogen) atoms. The van der Waals surface area contributed by atoms with Crippen molar-refractivity contribution in [1.82, 2.24) is 9.88 Å². The fraction of sp³-hybridized carbons (Fsp3) is 0.0800. The van der Waals surface area contributed by atoms with Crippen LogP contribution in [0.3, 0.4) is 0 Å². The summed E-state index contributed by atoms with van der Waals surface area (Å²) in [5.74, 6) is 1.22. The number of hydrogen-bond acceptors (Lipinski definition) is 3. The van der Waals surface area contributed by atoms with Gasteiger partial charge in [-0.3, -0.25) is 9.56 Å². The molecule has 2 heterocycles. The van der Waals surface area contributed by atoms with E-state index in [4.69, 9.17) is 0 Å². The number of aromatic nitrogens is 1. The Balaban J connectivity index is 1.99. The van der Waals surface area contributed by atoms with Crippen LogP contribution in [0.1, 0.15) is 11.1 Å². The lowest BCUT2D eigenvalue weighted by atomic mass is 10.0. The molecule has 0 radical (unpaired) electrons. The van der Waals surface area contributed by atoms with E-state index < -0.39 is 0 Å². The van der Waals surface area contributed by atoms with Gasteiger partial charge in [0.2, 0.25) is 0 Å². The number of nitrogens with one attached hydrogen (secondary N) is 1. The van der Waals surface area contributed by atoms with Crippen molar-refractivity contribution < 1.29 is 5.11 Å². The molecular formula is C25H23N3O. The first-order valence-corrected chi connectivity index (χ1v) is 9.42. The summed E-state index contributed by atoms with van der Waals surface area (Å²) in [6.45, 7) is 13.3. The molecule has 1 aromatic heterocycles. The van der Waals surface area contributed by atoms with Gasteiger partial charge in [-0.2, -0.15) is 0 Å². The predicted octanol–water partition coefficient (Wildman–Crippen LogP) is 5.55. The van der Waals surface area contributed by atoms with Crippen LogP contribution in [-0.4, -0.2) is 22.4 Å². The van der Waals surface area contributed by atoms with Crippen molar-refractivity contribution in [2.45, 2.75) is 13.0 Å². The van der Waals surface area contributed by atoms with Crippen molar-refractivity contribution in [2.24, 2.45) is 4.99 Å².